The molecule has 0 unspecified atom stereocenters. The van der Waals surface area contributed by atoms with Crippen molar-refractivity contribution in [2.24, 2.45) is 5.41 Å². The number of hydrogen-bond acceptors (Lipinski definition) is 4. The van der Waals surface area contributed by atoms with Crippen LogP contribution in [0.1, 0.15) is 55.4 Å². The van der Waals surface area contributed by atoms with E-state index in [4.69, 9.17) is 0 Å². The van der Waals surface area contributed by atoms with E-state index < -0.39 is 0 Å². The summed E-state index contributed by atoms with van der Waals surface area (Å²) in [7, 11) is 0. The Morgan fingerprint density at radius 3 is 2.92 bits per heavy atom. The third-order valence-corrected chi connectivity index (χ3v) is 6.56. The zero-order valence-electron chi connectivity index (χ0n) is 15.8. The van der Waals surface area contributed by atoms with Crippen molar-refractivity contribution in [3.63, 3.8) is 0 Å². The minimum absolute atomic E-state index is 0.191. The molecular weight excluding hydrogens is 328 g/mol. The first-order valence-corrected chi connectivity index (χ1v) is 9.58. The Balaban J connectivity index is 1.49. The van der Waals surface area contributed by atoms with E-state index >= 15 is 0 Å². The Bertz CT molecular complexity index is 763. The molecule has 1 amide bonds. The summed E-state index contributed by atoms with van der Waals surface area (Å²) in [6.07, 6.45) is 7.75. The van der Waals surface area contributed by atoms with Gasteiger partial charge < -0.3 is 10.3 Å². The molecule has 0 saturated carbocycles. The molecule has 2 fully saturated rings. The molecule has 4 heterocycles. The van der Waals surface area contributed by atoms with Crippen LogP contribution in [0.15, 0.2) is 12.4 Å². The molecule has 2 saturated heterocycles. The van der Waals surface area contributed by atoms with E-state index in [0.29, 0.717) is 18.6 Å². The van der Waals surface area contributed by atoms with Crippen LogP contribution in [0.3, 0.4) is 0 Å². The summed E-state index contributed by atoms with van der Waals surface area (Å²) in [5.74, 6) is 1.18. The summed E-state index contributed by atoms with van der Waals surface area (Å²) in [5, 5.41) is 10.4. The highest BCUT2D eigenvalue weighted by molar-refractivity contribution is 5.84. The lowest BCUT2D eigenvalue weighted by Crippen LogP contribution is -2.48. The van der Waals surface area contributed by atoms with Crippen LogP contribution in [0, 0.1) is 19.3 Å². The number of hydrogen-bond donors (Lipinski definition) is 3. The molecule has 2 aromatic heterocycles. The summed E-state index contributed by atoms with van der Waals surface area (Å²) < 4.78 is 0. The molecule has 3 N–H and O–H groups in total. The van der Waals surface area contributed by atoms with Gasteiger partial charge in [0.05, 0.1) is 17.7 Å². The second-order valence-electron chi connectivity index (χ2n) is 7.76. The number of fused-ring (bicyclic) bond motifs is 2. The lowest BCUT2D eigenvalue weighted by atomic mass is 9.71. The summed E-state index contributed by atoms with van der Waals surface area (Å²) in [6.45, 7) is 7.48. The number of aromatic nitrogens is 4. The van der Waals surface area contributed by atoms with Gasteiger partial charge in [-0.1, -0.05) is 6.92 Å². The SMILES string of the molecule is CC[C@@]1(C(=O)NCc2c(C)n[nH]c2C)C[C@@H]2CC[C@H]1N2Cc1ncc[nH]1. The first-order chi connectivity index (χ1) is 12.5. The highest BCUT2D eigenvalue weighted by atomic mass is 16.2. The van der Waals surface area contributed by atoms with Crippen molar-refractivity contribution in [2.75, 3.05) is 0 Å². The van der Waals surface area contributed by atoms with Gasteiger partial charge in [0.1, 0.15) is 5.82 Å². The fraction of sp³-hybridized carbons (Fsp3) is 0.632. The number of imidazole rings is 1. The lowest BCUT2D eigenvalue weighted by Gasteiger charge is -2.35. The number of H-pyrrole nitrogens is 2. The van der Waals surface area contributed by atoms with Crippen molar-refractivity contribution in [3.8, 4) is 0 Å². The molecule has 26 heavy (non-hydrogen) atoms. The summed E-state index contributed by atoms with van der Waals surface area (Å²) in [5.41, 5.74) is 2.79. The van der Waals surface area contributed by atoms with Gasteiger partial charge in [0, 0.05) is 42.3 Å². The maximum absolute atomic E-state index is 13.3. The molecule has 4 rings (SSSR count). The quantitative estimate of drug-likeness (QED) is 0.740. The first-order valence-electron chi connectivity index (χ1n) is 9.58. The van der Waals surface area contributed by atoms with Crippen LogP contribution in [0.25, 0.3) is 0 Å². The normalized spacial score (nSPS) is 28.0. The van der Waals surface area contributed by atoms with Gasteiger partial charge >= 0.3 is 0 Å². The maximum Gasteiger partial charge on any atom is 0.228 e. The Labute approximate surface area is 154 Å². The largest absolute Gasteiger partial charge is 0.351 e. The van der Waals surface area contributed by atoms with E-state index in [1.807, 2.05) is 20.0 Å². The third-order valence-electron chi connectivity index (χ3n) is 6.56. The molecule has 2 aromatic rings. The van der Waals surface area contributed by atoms with Gasteiger partial charge in [-0.25, -0.2) is 4.98 Å². The minimum Gasteiger partial charge on any atom is -0.351 e. The molecule has 3 atom stereocenters. The summed E-state index contributed by atoms with van der Waals surface area (Å²) in [6, 6.07) is 0.780. The van der Waals surface area contributed by atoms with E-state index in [9.17, 15) is 4.79 Å². The van der Waals surface area contributed by atoms with E-state index in [1.165, 1.54) is 6.42 Å². The number of nitrogens with one attached hydrogen (secondary N) is 3. The second kappa shape index (κ2) is 6.54. The van der Waals surface area contributed by atoms with Crippen LogP contribution in [-0.2, 0) is 17.9 Å². The third kappa shape index (κ3) is 2.65. The Kier molecular flexibility index (Phi) is 4.34. The number of carbonyl (C=O) groups excluding carboxylic acids is 1. The number of aryl methyl sites for hydroxylation is 2. The molecule has 0 aliphatic carbocycles. The van der Waals surface area contributed by atoms with Gasteiger partial charge in [-0.05, 0) is 39.5 Å². The molecule has 7 heteroatoms. The summed E-state index contributed by atoms with van der Waals surface area (Å²) >= 11 is 0. The van der Waals surface area contributed by atoms with Gasteiger partial charge in [-0.2, -0.15) is 5.10 Å². The highest BCUT2D eigenvalue weighted by Crippen LogP contribution is 2.52. The number of nitrogens with zero attached hydrogens (tertiary/aromatic N) is 3. The molecule has 2 aliphatic heterocycles. The molecule has 0 aromatic carbocycles. The van der Waals surface area contributed by atoms with Crippen molar-refractivity contribution in [2.45, 2.75) is 71.6 Å². The summed E-state index contributed by atoms with van der Waals surface area (Å²) in [4.78, 5) is 23.3. The first kappa shape index (κ1) is 17.3. The average Bonchev–Trinajstić information content (AvgIpc) is 3.41. The van der Waals surface area contributed by atoms with E-state index in [2.05, 4.69) is 37.3 Å². The zero-order valence-corrected chi connectivity index (χ0v) is 15.8. The fourth-order valence-electron chi connectivity index (χ4n) is 5.07. The van der Waals surface area contributed by atoms with Crippen LogP contribution >= 0.6 is 0 Å². The van der Waals surface area contributed by atoms with Gasteiger partial charge in [-0.15, -0.1) is 0 Å². The maximum atomic E-state index is 13.3. The van der Waals surface area contributed by atoms with E-state index in [0.717, 1.165) is 48.6 Å². The Hall–Kier alpha value is -2.15. The smallest absolute Gasteiger partial charge is 0.228 e. The van der Waals surface area contributed by atoms with Gasteiger partial charge in [0.25, 0.3) is 0 Å². The molecular formula is C19H28N6O. The van der Waals surface area contributed by atoms with Crippen LogP contribution in [0.5, 0.6) is 0 Å². The second-order valence-corrected chi connectivity index (χ2v) is 7.76. The average molecular weight is 356 g/mol. The molecule has 2 bridgehead atoms. The van der Waals surface area contributed by atoms with Crippen molar-refractivity contribution in [1.29, 1.82) is 0 Å². The van der Waals surface area contributed by atoms with Gasteiger partial charge in [0.15, 0.2) is 0 Å². The standard InChI is InChI=1S/C19H28N6O/c1-4-19(18(26)22-10-15-12(2)23-24-13(15)3)9-14-5-6-16(19)25(14)11-17-20-7-8-21-17/h7-8,14,16H,4-6,9-11H2,1-3H3,(H,20,21)(H,22,26)(H,23,24)/t14-,16+,19+/m0/s1. The monoisotopic (exact) mass is 356 g/mol. The lowest BCUT2D eigenvalue weighted by molar-refractivity contribution is -0.133. The van der Waals surface area contributed by atoms with Crippen molar-refractivity contribution in [1.82, 2.24) is 30.4 Å². The molecule has 0 spiro atoms. The zero-order chi connectivity index (χ0) is 18.3. The van der Waals surface area contributed by atoms with Crippen molar-refractivity contribution in [3.05, 3.63) is 35.2 Å². The van der Waals surface area contributed by atoms with E-state index in [1.54, 1.807) is 6.20 Å². The minimum atomic E-state index is -0.291. The molecule has 2 aliphatic rings. The number of carbonyl (C=O) groups is 1. The number of aromatic amines is 2. The predicted octanol–water partition coefficient (Wildman–Crippen LogP) is 2.20. The van der Waals surface area contributed by atoms with Crippen LogP contribution in [0.4, 0.5) is 0 Å². The molecule has 0 radical (unpaired) electrons. The number of amides is 1. The Morgan fingerprint density at radius 1 is 1.42 bits per heavy atom. The van der Waals surface area contributed by atoms with Crippen LogP contribution in [-0.4, -0.2) is 43.1 Å². The molecule has 7 nitrogen and oxygen atoms in total. The van der Waals surface area contributed by atoms with Crippen LogP contribution < -0.4 is 5.32 Å². The van der Waals surface area contributed by atoms with Gasteiger partial charge in [0.2, 0.25) is 5.91 Å². The Morgan fingerprint density at radius 2 is 2.27 bits per heavy atom. The molecule has 140 valence electrons. The fourth-order valence-corrected chi connectivity index (χ4v) is 5.07. The number of rotatable bonds is 6. The predicted molar refractivity (Wildman–Crippen MR) is 98.2 cm³/mol. The van der Waals surface area contributed by atoms with Gasteiger partial charge in [-0.3, -0.25) is 14.8 Å². The van der Waals surface area contributed by atoms with E-state index in [-0.39, 0.29) is 11.3 Å². The van der Waals surface area contributed by atoms with Crippen molar-refractivity contribution >= 4 is 5.91 Å². The topological polar surface area (TPSA) is 89.7 Å². The highest BCUT2D eigenvalue weighted by Gasteiger charge is 2.58. The van der Waals surface area contributed by atoms with Crippen LogP contribution in [0.2, 0.25) is 0 Å². The van der Waals surface area contributed by atoms with Crippen molar-refractivity contribution < 1.29 is 4.79 Å².